The van der Waals surface area contributed by atoms with Gasteiger partial charge in [-0.15, -0.1) is 0 Å². The molecular formula is C18H26ClN3O. The van der Waals surface area contributed by atoms with E-state index < -0.39 is 0 Å². The molecule has 1 aromatic heterocycles. The number of rotatable bonds is 9. The Morgan fingerprint density at radius 3 is 2.57 bits per heavy atom. The summed E-state index contributed by atoms with van der Waals surface area (Å²) in [5.74, 6) is 0.547. The lowest BCUT2D eigenvalue weighted by Crippen LogP contribution is -2.19. The van der Waals surface area contributed by atoms with Gasteiger partial charge in [0, 0.05) is 18.2 Å². The summed E-state index contributed by atoms with van der Waals surface area (Å²) in [7, 11) is 0. The first kappa shape index (κ1) is 18.0. The zero-order chi connectivity index (χ0) is 16.7. The number of benzene rings is 1. The molecule has 5 heteroatoms. The highest BCUT2D eigenvalue weighted by molar-refractivity contribution is 6.30. The van der Waals surface area contributed by atoms with E-state index in [0.717, 1.165) is 37.3 Å². The minimum absolute atomic E-state index is 0.0223. The summed E-state index contributed by atoms with van der Waals surface area (Å²) in [4.78, 5) is 4.00. The number of aliphatic hydroxyl groups excluding tert-OH is 1. The third-order valence-corrected chi connectivity index (χ3v) is 4.58. The SMILES string of the molecule is CC(C)(CO)CCC(CCn1cncn1)Cc1ccc(Cl)cc1. The normalized spacial score (nSPS) is 13.2. The van der Waals surface area contributed by atoms with Gasteiger partial charge in [0.2, 0.25) is 0 Å². The lowest BCUT2D eigenvalue weighted by molar-refractivity contribution is 0.140. The molecule has 1 aromatic carbocycles. The van der Waals surface area contributed by atoms with E-state index in [1.807, 2.05) is 16.8 Å². The van der Waals surface area contributed by atoms with Gasteiger partial charge in [-0.2, -0.15) is 5.10 Å². The standard InChI is InChI=1S/C18H26ClN3O/c1-18(2,12-23)9-7-16(8-10-22-14-20-13-21-22)11-15-3-5-17(19)6-4-15/h3-6,13-14,16,23H,7-12H2,1-2H3. The van der Waals surface area contributed by atoms with Gasteiger partial charge in [-0.05, 0) is 54.7 Å². The molecule has 126 valence electrons. The Morgan fingerprint density at radius 2 is 1.96 bits per heavy atom. The van der Waals surface area contributed by atoms with Crippen LogP contribution in [0.3, 0.4) is 0 Å². The summed E-state index contributed by atoms with van der Waals surface area (Å²) in [6, 6.07) is 8.09. The Kier molecular flexibility index (Phi) is 6.60. The molecule has 4 nitrogen and oxygen atoms in total. The van der Waals surface area contributed by atoms with Gasteiger partial charge in [0.25, 0.3) is 0 Å². The molecular weight excluding hydrogens is 310 g/mol. The highest BCUT2D eigenvalue weighted by Gasteiger charge is 2.19. The maximum Gasteiger partial charge on any atom is 0.137 e. The van der Waals surface area contributed by atoms with Gasteiger partial charge in [0.05, 0.1) is 0 Å². The topological polar surface area (TPSA) is 50.9 Å². The zero-order valence-corrected chi connectivity index (χ0v) is 14.7. The maximum absolute atomic E-state index is 9.47. The maximum atomic E-state index is 9.47. The van der Waals surface area contributed by atoms with Crippen molar-refractivity contribution in [1.29, 1.82) is 0 Å². The van der Waals surface area contributed by atoms with E-state index in [-0.39, 0.29) is 12.0 Å². The van der Waals surface area contributed by atoms with Crippen molar-refractivity contribution in [1.82, 2.24) is 14.8 Å². The van der Waals surface area contributed by atoms with Crippen LogP contribution in [0.25, 0.3) is 0 Å². The van der Waals surface area contributed by atoms with Gasteiger partial charge >= 0.3 is 0 Å². The second kappa shape index (κ2) is 8.46. The molecule has 0 aliphatic rings. The van der Waals surface area contributed by atoms with E-state index >= 15 is 0 Å². The average Bonchev–Trinajstić information content (AvgIpc) is 3.05. The summed E-state index contributed by atoms with van der Waals surface area (Å²) in [6.07, 6.45) is 7.50. The van der Waals surface area contributed by atoms with Crippen LogP contribution in [-0.4, -0.2) is 26.5 Å². The van der Waals surface area contributed by atoms with E-state index in [1.165, 1.54) is 5.56 Å². The predicted molar refractivity (Wildman–Crippen MR) is 93.4 cm³/mol. The van der Waals surface area contributed by atoms with Crippen molar-refractivity contribution in [3.05, 3.63) is 47.5 Å². The molecule has 0 saturated heterocycles. The first-order valence-electron chi connectivity index (χ1n) is 8.16. The van der Waals surface area contributed by atoms with Gasteiger partial charge in [-0.1, -0.05) is 37.6 Å². The fourth-order valence-electron chi connectivity index (χ4n) is 2.64. The number of aromatic nitrogens is 3. The molecule has 0 aliphatic heterocycles. The highest BCUT2D eigenvalue weighted by atomic mass is 35.5. The average molecular weight is 336 g/mol. The summed E-state index contributed by atoms with van der Waals surface area (Å²) >= 11 is 5.97. The molecule has 0 bridgehead atoms. The molecule has 0 saturated carbocycles. The van der Waals surface area contributed by atoms with Crippen LogP contribution in [0.1, 0.15) is 38.7 Å². The molecule has 0 spiro atoms. The highest BCUT2D eigenvalue weighted by Crippen LogP contribution is 2.27. The van der Waals surface area contributed by atoms with Crippen molar-refractivity contribution >= 4 is 11.6 Å². The summed E-state index contributed by atoms with van der Waals surface area (Å²) in [5, 5.41) is 14.4. The zero-order valence-electron chi connectivity index (χ0n) is 14.0. The van der Waals surface area contributed by atoms with E-state index in [2.05, 4.69) is 36.1 Å². The fourth-order valence-corrected chi connectivity index (χ4v) is 2.77. The van der Waals surface area contributed by atoms with Gasteiger partial charge in [-0.3, -0.25) is 4.68 Å². The Labute approximate surface area is 143 Å². The van der Waals surface area contributed by atoms with Gasteiger partial charge in [-0.25, -0.2) is 4.98 Å². The molecule has 23 heavy (non-hydrogen) atoms. The number of nitrogens with zero attached hydrogens (tertiary/aromatic N) is 3. The minimum atomic E-state index is -0.0223. The third kappa shape index (κ3) is 6.32. The van der Waals surface area contributed by atoms with Crippen LogP contribution in [0.5, 0.6) is 0 Å². The van der Waals surface area contributed by atoms with Crippen LogP contribution in [0.4, 0.5) is 0 Å². The molecule has 2 aromatic rings. The molecule has 1 atom stereocenters. The van der Waals surface area contributed by atoms with Gasteiger partial charge < -0.3 is 5.11 Å². The van der Waals surface area contributed by atoms with Crippen molar-refractivity contribution in [2.75, 3.05) is 6.61 Å². The molecule has 0 radical (unpaired) electrons. The first-order valence-corrected chi connectivity index (χ1v) is 8.54. The number of halogens is 1. The van der Waals surface area contributed by atoms with Crippen LogP contribution < -0.4 is 0 Å². The molecule has 0 fully saturated rings. The van der Waals surface area contributed by atoms with Crippen molar-refractivity contribution < 1.29 is 5.11 Å². The summed E-state index contributed by atoms with van der Waals surface area (Å²) < 4.78 is 1.88. The molecule has 0 aliphatic carbocycles. The Bertz CT molecular complexity index is 566. The Balaban J connectivity index is 1.96. The second-order valence-corrected chi connectivity index (χ2v) is 7.44. The predicted octanol–water partition coefficient (Wildman–Crippen LogP) is 3.98. The van der Waals surface area contributed by atoms with E-state index in [0.29, 0.717) is 5.92 Å². The van der Waals surface area contributed by atoms with Crippen LogP contribution in [0, 0.1) is 11.3 Å². The number of hydrogen-bond donors (Lipinski definition) is 1. The first-order chi connectivity index (χ1) is 11.0. The fraction of sp³-hybridized carbons (Fsp3) is 0.556. The second-order valence-electron chi connectivity index (χ2n) is 7.00. The molecule has 1 unspecified atom stereocenters. The Morgan fingerprint density at radius 1 is 1.22 bits per heavy atom. The smallest absolute Gasteiger partial charge is 0.137 e. The minimum Gasteiger partial charge on any atom is -0.396 e. The van der Waals surface area contributed by atoms with Crippen molar-refractivity contribution in [3.8, 4) is 0 Å². The van der Waals surface area contributed by atoms with E-state index in [4.69, 9.17) is 11.6 Å². The van der Waals surface area contributed by atoms with Crippen LogP contribution in [0.2, 0.25) is 5.02 Å². The van der Waals surface area contributed by atoms with Crippen molar-refractivity contribution in [3.63, 3.8) is 0 Å². The summed E-state index contributed by atoms with van der Waals surface area (Å²) in [5.41, 5.74) is 1.28. The quantitative estimate of drug-likeness (QED) is 0.754. The van der Waals surface area contributed by atoms with Crippen LogP contribution in [0.15, 0.2) is 36.9 Å². The summed E-state index contributed by atoms with van der Waals surface area (Å²) in [6.45, 7) is 5.33. The lowest BCUT2D eigenvalue weighted by atomic mass is 9.82. The number of aliphatic hydroxyl groups is 1. The largest absolute Gasteiger partial charge is 0.396 e. The van der Waals surface area contributed by atoms with Crippen LogP contribution >= 0.6 is 11.6 Å². The van der Waals surface area contributed by atoms with Gasteiger partial charge in [0.1, 0.15) is 12.7 Å². The number of aryl methyl sites for hydroxylation is 1. The van der Waals surface area contributed by atoms with Crippen molar-refractivity contribution in [2.24, 2.45) is 11.3 Å². The van der Waals surface area contributed by atoms with E-state index in [1.54, 1.807) is 12.7 Å². The van der Waals surface area contributed by atoms with E-state index in [9.17, 15) is 5.11 Å². The van der Waals surface area contributed by atoms with Crippen molar-refractivity contribution in [2.45, 2.75) is 46.1 Å². The monoisotopic (exact) mass is 335 g/mol. The number of hydrogen-bond acceptors (Lipinski definition) is 3. The third-order valence-electron chi connectivity index (χ3n) is 4.33. The molecule has 1 heterocycles. The van der Waals surface area contributed by atoms with Gasteiger partial charge in [0.15, 0.2) is 0 Å². The molecule has 0 amide bonds. The lowest BCUT2D eigenvalue weighted by Gasteiger charge is -2.25. The molecule has 1 N–H and O–H groups in total. The Hall–Kier alpha value is -1.39. The van der Waals surface area contributed by atoms with Crippen LogP contribution in [-0.2, 0) is 13.0 Å². The molecule has 2 rings (SSSR count).